The van der Waals surface area contributed by atoms with Gasteiger partial charge in [-0.15, -0.1) is 0 Å². The maximum atomic E-state index is 13.4. The SMILES string of the molecule is COCCCNC(=O)C(C)N(Cc1ccc(F)cc1)C(=O)CCc1ccc(S(=O)(=O)N2CCCC2)cc1. The van der Waals surface area contributed by atoms with E-state index in [1.807, 2.05) is 0 Å². The van der Waals surface area contributed by atoms with Crippen molar-refractivity contribution in [1.29, 1.82) is 0 Å². The lowest BCUT2D eigenvalue weighted by Gasteiger charge is -2.29. The largest absolute Gasteiger partial charge is 0.385 e. The van der Waals surface area contributed by atoms with Gasteiger partial charge in [0.1, 0.15) is 11.9 Å². The second-order valence-corrected chi connectivity index (χ2v) is 11.2. The molecule has 2 aromatic rings. The number of amides is 2. The summed E-state index contributed by atoms with van der Waals surface area (Å²) in [7, 11) is -1.90. The Morgan fingerprint density at radius 1 is 1.05 bits per heavy atom. The van der Waals surface area contributed by atoms with Gasteiger partial charge in [0.05, 0.1) is 4.90 Å². The Hall–Kier alpha value is -2.82. The van der Waals surface area contributed by atoms with E-state index in [4.69, 9.17) is 4.74 Å². The molecule has 0 aliphatic carbocycles. The minimum atomic E-state index is -3.49. The minimum Gasteiger partial charge on any atom is -0.385 e. The predicted molar refractivity (Wildman–Crippen MR) is 139 cm³/mol. The average Bonchev–Trinajstić information content (AvgIpc) is 3.45. The highest BCUT2D eigenvalue weighted by molar-refractivity contribution is 7.89. The third kappa shape index (κ3) is 8.08. The molecular formula is C27H36FN3O5S. The number of hydrogen-bond acceptors (Lipinski definition) is 5. The molecule has 10 heteroatoms. The van der Waals surface area contributed by atoms with Crippen molar-refractivity contribution < 1.29 is 27.1 Å². The first kappa shape index (κ1) is 28.7. The molecule has 1 aliphatic heterocycles. The number of halogens is 1. The van der Waals surface area contributed by atoms with Crippen LogP contribution in [0, 0.1) is 5.82 Å². The van der Waals surface area contributed by atoms with E-state index >= 15 is 0 Å². The van der Waals surface area contributed by atoms with Crippen molar-refractivity contribution in [1.82, 2.24) is 14.5 Å². The predicted octanol–water partition coefficient (Wildman–Crippen LogP) is 3.11. The van der Waals surface area contributed by atoms with Crippen molar-refractivity contribution in [3.63, 3.8) is 0 Å². The zero-order valence-electron chi connectivity index (χ0n) is 21.5. The van der Waals surface area contributed by atoms with Gasteiger partial charge in [-0.25, -0.2) is 12.8 Å². The molecule has 1 atom stereocenters. The van der Waals surface area contributed by atoms with Gasteiger partial charge >= 0.3 is 0 Å². The zero-order chi connectivity index (χ0) is 26.8. The second-order valence-electron chi connectivity index (χ2n) is 9.22. The summed E-state index contributed by atoms with van der Waals surface area (Å²) in [5.74, 6) is -0.874. The fourth-order valence-corrected chi connectivity index (χ4v) is 5.76. The quantitative estimate of drug-likeness (QED) is 0.399. The normalized spacial score (nSPS) is 14.9. The van der Waals surface area contributed by atoms with Crippen LogP contribution < -0.4 is 5.32 Å². The number of nitrogens with zero attached hydrogens (tertiary/aromatic N) is 2. The number of nitrogens with one attached hydrogen (secondary N) is 1. The van der Waals surface area contributed by atoms with Crippen LogP contribution in [-0.2, 0) is 37.3 Å². The fraction of sp³-hybridized carbons (Fsp3) is 0.481. The molecule has 0 aromatic heterocycles. The molecule has 0 saturated carbocycles. The van der Waals surface area contributed by atoms with Gasteiger partial charge in [-0.1, -0.05) is 24.3 Å². The second kappa shape index (κ2) is 13.6. The van der Waals surface area contributed by atoms with E-state index in [0.29, 0.717) is 44.6 Å². The maximum absolute atomic E-state index is 13.4. The van der Waals surface area contributed by atoms with Gasteiger partial charge in [0.25, 0.3) is 0 Å². The molecule has 0 bridgehead atoms. The monoisotopic (exact) mass is 533 g/mol. The van der Waals surface area contributed by atoms with Crippen molar-refractivity contribution in [2.45, 2.75) is 56.5 Å². The van der Waals surface area contributed by atoms with Crippen LogP contribution in [0.4, 0.5) is 4.39 Å². The van der Waals surface area contributed by atoms with Gasteiger partial charge in [-0.3, -0.25) is 9.59 Å². The fourth-order valence-electron chi connectivity index (χ4n) is 4.25. The van der Waals surface area contributed by atoms with E-state index in [1.165, 1.54) is 21.3 Å². The van der Waals surface area contributed by atoms with Crippen molar-refractivity contribution in [3.8, 4) is 0 Å². The summed E-state index contributed by atoms with van der Waals surface area (Å²) in [6.45, 7) is 3.87. The Morgan fingerprint density at radius 2 is 1.68 bits per heavy atom. The van der Waals surface area contributed by atoms with Gasteiger partial charge in [0.15, 0.2) is 0 Å². The van der Waals surface area contributed by atoms with Gasteiger partial charge in [-0.05, 0) is 68.0 Å². The van der Waals surface area contributed by atoms with Crippen LogP contribution in [0.3, 0.4) is 0 Å². The van der Waals surface area contributed by atoms with Crippen molar-refractivity contribution in [2.75, 3.05) is 33.4 Å². The van der Waals surface area contributed by atoms with Crippen LogP contribution in [0.15, 0.2) is 53.4 Å². The van der Waals surface area contributed by atoms with Gasteiger partial charge < -0.3 is 15.0 Å². The lowest BCUT2D eigenvalue weighted by atomic mass is 10.1. The Bertz CT molecular complexity index is 1130. The lowest BCUT2D eigenvalue weighted by molar-refractivity contribution is -0.140. The van der Waals surface area contributed by atoms with Gasteiger partial charge in [-0.2, -0.15) is 4.31 Å². The number of ether oxygens (including phenoxy) is 1. The molecule has 1 aliphatic rings. The minimum absolute atomic E-state index is 0.140. The van der Waals surface area contributed by atoms with E-state index in [-0.39, 0.29) is 35.5 Å². The van der Waals surface area contributed by atoms with Crippen LogP contribution in [0.1, 0.15) is 43.7 Å². The number of hydrogen-bond donors (Lipinski definition) is 1. The average molecular weight is 534 g/mol. The molecule has 3 rings (SSSR count). The summed E-state index contributed by atoms with van der Waals surface area (Å²) in [5, 5.41) is 2.83. The summed E-state index contributed by atoms with van der Waals surface area (Å²) >= 11 is 0. The van der Waals surface area contributed by atoms with Crippen LogP contribution in [0.2, 0.25) is 0 Å². The maximum Gasteiger partial charge on any atom is 0.243 e. The van der Waals surface area contributed by atoms with E-state index in [9.17, 15) is 22.4 Å². The van der Waals surface area contributed by atoms with Crippen LogP contribution in [0.25, 0.3) is 0 Å². The standard InChI is InChI=1S/C27H36FN3O5S/c1-21(27(33)29-16-5-19-36-2)31(20-23-6-11-24(28)12-7-23)26(32)15-10-22-8-13-25(14-9-22)37(34,35)30-17-3-4-18-30/h6-9,11-14,21H,3-5,10,15-20H2,1-2H3,(H,29,33). The van der Waals surface area contributed by atoms with Crippen molar-refractivity contribution >= 4 is 21.8 Å². The summed E-state index contributed by atoms with van der Waals surface area (Å²) in [5.41, 5.74) is 1.54. The highest BCUT2D eigenvalue weighted by atomic mass is 32.2. The number of aryl methyl sites for hydroxylation is 1. The Morgan fingerprint density at radius 3 is 2.30 bits per heavy atom. The van der Waals surface area contributed by atoms with Crippen LogP contribution in [0.5, 0.6) is 0 Å². The Balaban J connectivity index is 1.66. The molecule has 202 valence electrons. The highest BCUT2D eigenvalue weighted by Crippen LogP contribution is 2.22. The third-order valence-electron chi connectivity index (χ3n) is 6.51. The van der Waals surface area contributed by atoms with Crippen LogP contribution >= 0.6 is 0 Å². The molecule has 0 spiro atoms. The third-order valence-corrected chi connectivity index (χ3v) is 8.42. The number of methoxy groups -OCH3 is 1. The van der Waals surface area contributed by atoms with Crippen molar-refractivity contribution in [3.05, 3.63) is 65.5 Å². The van der Waals surface area contributed by atoms with E-state index in [1.54, 1.807) is 50.4 Å². The summed E-state index contributed by atoms with van der Waals surface area (Å²) in [6, 6.07) is 11.7. The molecule has 8 nitrogen and oxygen atoms in total. The van der Waals surface area contributed by atoms with Crippen molar-refractivity contribution in [2.24, 2.45) is 0 Å². The molecular weight excluding hydrogens is 497 g/mol. The Labute approximate surface area is 218 Å². The number of carbonyl (C=O) groups excluding carboxylic acids is 2. The number of rotatable bonds is 13. The molecule has 1 N–H and O–H groups in total. The van der Waals surface area contributed by atoms with Crippen LogP contribution in [-0.4, -0.2) is 68.8 Å². The zero-order valence-corrected chi connectivity index (χ0v) is 22.3. The Kier molecular flexibility index (Phi) is 10.6. The molecule has 0 radical (unpaired) electrons. The number of carbonyl (C=O) groups is 2. The molecule has 37 heavy (non-hydrogen) atoms. The molecule has 1 unspecified atom stereocenters. The lowest BCUT2D eigenvalue weighted by Crippen LogP contribution is -2.48. The first-order valence-electron chi connectivity index (χ1n) is 12.6. The van der Waals surface area contributed by atoms with E-state index in [0.717, 1.165) is 18.4 Å². The summed E-state index contributed by atoms with van der Waals surface area (Å²) in [6.07, 6.45) is 2.94. The highest BCUT2D eigenvalue weighted by Gasteiger charge is 2.28. The molecule has 1 heterocycles. The van der Waals surface area contributed by atoms with E-state index < -0.39 is 16.1 Å². The van der Waals surface area contributed by atoms with Gasteiger partial charge in [0.2, 0.25) is 21.8 Å². The smallest absolute Gasteiger partial charge is 0.243 e. The first-order chi connectivity index (χ1) is 17.7. The molecule has 1 saturated heterocycles. The number of sulfonamides is 1. The summed E-state index contributed by atoms with van der Waals surface area (Å²) < 4.78 is 45.4. The molecule has 2 amide bonds. The number of benzene rings is 2. The summed E-state index contributed by atoms with van der Waals surface area (Å²) in [4.78, 5) is 27.7. The first-order valence-corrected chi connectivity index (χ1v) is 14.1. The van der Waals surface area contributed by atoms with Gasteiger partial charge in [0, 0.05) is 46.3 Å². The molecule has 1 fully saturated rings. The molecule has 2 aromatic carbocycles. The topological polar surface area (TPSA) is 96.0 Å². The van der Waals surface area contributed by atoms with E-state index in [2.05, 4.69) is 5.32 Å².